The Balaban J connectivity index is 2.21. The average Bonchev–Trinajstić information content (AvgIpc) is 2.86. The minimum absolute atomic E-state index is 0.0811. The van der Waals surface area contributed by atoms with Crippen LogP contribution in [-0.4, -0.2) is 44.4 Å². The van der Waals surface area contributed by atoms with E-state index in [-0.39, 0.29) is 31.0 Å². The van der Waals surface area contributed by atoms with Gasteiger partial charge in [-0.1, -0.05) is 19.1 Å². The Morgan fingerprint density at radius 2 is 1.97 bits per heavy atom. The third kappa shape index (κ3) is 4.00. The quantitative estimate of drug-likeness (QED) is 0.678. The first-order valence-electron chi connectivity index (χ1n) is 11.1. The zero-order valence-corrected chi connectivity index (χ0v) is 19.5. The van der Waals surface area contributed by atoms with Gasteiger partial charge in [-0.25, -0.2) is 4.79 Å². The fourth-order valence-electron chi connectivity index (χ4n) is 4.63. The molecule has 1 amide bonds. The fraction of sp³-hybridized carbons (Fsp3) is 0.440. The molecule has 34 heavy (non-hydrogen) atoms. The summed E-state index contributed by atoms with van der Waals surface area (Å²) >= 11 is 0. The number of ether oxygens (including phenoxy) is 3. The molecular formula is C25H27N5O4. The second kappa shape index (κ2) is 10.2. The van der Waals surface area contributed by atoms with Gasteiger partial charge in [-0.2, -0.15) is 15.8 Å². The molecule has 0 radical (unpaired) electrons. The smallest absolute Gasteiger partial charge is 0.410 e. The normalized spacial score (nSPS) is 20.7. The van der Waals surface area contributed by atoms with E-state index in [0.717, 1.165) is 6.42 Å². The second-order valence-corrected chi connectivity index (χ2v) is 8.04. The van der Waals surface area contributed by atoms with E-state index in [4.69, 9.17) is 19.9 Å². The number of benzene rings is 1. The van der Waals surface area contributed by atoms with Gasteiger partial charge in [0.15, 0.2) is 16.9 Å². The van der Waals surface area contributed by atoms with E-state index in [1.807, 2.05) is 6.92 Å². The number of nitrogens with zero attached hydrogens (tertiary/aromatic N) is 4. The number of amides is 1. The lowest BCUT2D eigenvalue weighted by atomic mass is 9.58. The van der Waals surface area contributed by atoms with Gasteiger partial charge < -0.3 is 24.8 Å². The third-order valence-corrected chi connectivity index (χ3v) is 6.20. The van der Waals surface area contributed by atoms with Crippen molar-refractivity contribution in [2.45, 2.75) is 26.2 Å². The van der Waals surface area contributed by atoms with Gasteiger partial charge in [0.1, 0.15) is 6.07 Å². The van der Waals surface area contributed by atoms with Crippen molar-refractivity contribution in [3.05, 3.63) is 46.7 Å². The second-order valence-electron chi connectivity index (χ2n) is 8.04. The highest BCUT2D eigenvalue weighted by molar-refractivity contribution is 5.69. The lowest BCUT2D eigenvalue weighted by molar-refractivity contribution is 0.0999. The Kier molecular flexibility index (Phi) is 7.34. The van der Waals surface area contributed by atoms with Gasteiger partial charge in [0.05, 0.1) is 43.7 Å². The molecule has 176 valence electrons. The molecule has 0 unspecified atom stereocenters. The number of fused-ring (bicyclic) bond motifs is 1. The monoisotopic (exact) mass is 461 g/mol. The lowest BCUT2D eigenvalue weighted by Gasteiger charge is -2.45. The molecule has 3 rings (SSSR count). The number of allylic oxidation sites excluding steroid dienone is 2. The Hall–Kier alpha value is -4.16. The molecule has 2 aliphatic rings. The predicted molar refractivity (Wildman–Crippen MR) is 122 cm³/mol. The molecule has 1 heterocycles. The Morgan fingerprint density at radius 3 is 2.56 bits per heavy atom. The molecule has 2 atom stereocenters. The molecule has 1 aliphatic heterocycles. The van der Waals surface area contributed by atoms with E-state index in [1.165, 1.54) is 12.0 Å². The summed E-state index contributed by atoms with van der Waals surface area (Å²) in [5.41, 5.74) is 5.80. The van der Waals surface area contributed by atoms with Crippen LogP contribution in [0.5, 0.6) is 11.5 Å². The van der Waals surface area contributed by atoms with Crippen LogP contribution in [0.15, 0.2) is 41.1 Å². The number of hydrogen-bond acceptors (Lipinski definition) is 8. The highest BCUT2D eigenvalue weighted by atomic mass is 16.6. The molecule has 0 fully saturated rings. The van der Waals surface area contributed by atoms with Crippen molar-refractivity contribution in [1.82, 2.24) is 4.90 Å². The first-order valence-corrected chi connectivity index (χ1v) is 11.1. The summed E-state index contributed by atoms with van der Waals surface area (Å²) in [4.78, 5) is 14.0. The summed E-state index contributed by atoms with van der Waals surface area (Å²) in [5.74, 6) is -0.311. The van der Waals surface area contributed by atoms with Gasteiger partial charge >= 0.3 is 6.09 Å². The maximum Gasteiger partial charge on any atom is 0.410 e. The van der Waals surface area contributed by atoms with Gasteiger partial charge in [0, 0.05) is 24.9 Å². The maximum absolute atomic E-state index is 12.5. The van der Waals surface area contributed by atoms with Crippen LogP contribution in [0.2, 0.25) is 0 Å². The van der Waals surface area contributed by atoms with E-state index < -0.39 is 23.3 Å². The Labute approximate surface area is 199 Å². The molecule has 0 saturated heterocycles. The zero-order valence-electron chi connectivity index (χ0n) is 19.5. The van der Waals surface area contributed by atoms with Crippen LogP contribution in [0.3, 0.4) is 0 Å². The van der Waals surface area contributed by atoms with Crippen LogP contribution >= 0.6 is 0 Å². The number of nitriles is 3. The maximum atomic E-state index is 12.5. The Morgan fingerprint density at radius 1 is 1.24 bits per heavy atom. The van der Waals surface area contributed by atoms with Crippen molar-refractivity contribution in [1.29, 1.82) is 15.8 Å². The fourth-order valence-corrected chi connectivity index (χ4v) is 4.63. The standard InChI is InChI=1S/C25H27N5O4/c1-4-10-34-20-7-6-16(11-21(20)32-3)22-19-13-30(24(31)33-5-2)9-8-17(19)18(12-26)23(29)25(22,14-27)15-28/h6-8,11,19,22H,4-5,9-10,13,29H2,1-3H3/t19-,22-/m0/s1. The Bertz CT molecular complexity index is 1140. The van der Waals surface area contributed by atoms with Crippen LogP contribution in [0.1, 0.15) is 31.7 Å². The molecular weight excluding hydrogens is 434 g/mol. The van der Waals surface area contributed by atoms with Crippen molar-refractivity contribution >= 4 is 6.09 Å². The largest absolute Gasteiger partial charge is 0.493 e. The SMILES string of the molecule is CCCOc1ccc([C@H]2[C@H]3CN(C(=O)OCC)CC=C3C(C#N)=C(N)C2(C#N)C#N)cc1OC. The van der Waals surface area contributed by atoms with Crippen LogP contribution in [0.4, 0.5) is 4.79 Å². The van der Waals surface area contributed by atoms with E-state index in [1.54, 1.807) is 31.2 Å². The summed E-state index contributed by atoms with van der Waals surface area (Å²) in [6.07, 6.45) is 2.06. The van der Waals surface area contributed by atoms with Gasteiger partial charge in [0.2, 0.25) is 0 Å². The van der Waals surface area contributed by atoms with Crippen LogP contribution in [0, 0.1) is 45.3 Å². The minimum Gasteiger partial charge on any atom is -0.493 e. The molecule has 9 heteroatoms. The highest BCUT2D eigenvalue weighted by Crippen LogP contribution is 2.54. The van der Waals surface area contributed by atoms with E-state index in [2.05, 4.69) is 18.2 Å². The van der Waals surface area contributed by atoms with Gasteiger partial charge in [-0.15, -0.1) is 0 Å². The predicted octanol–water partition coefficient (Wildman–Crippen LogP) is 3.37. The number of methoxy groups -OCH3 is 1. The topological polar surface area (TPSA) is 145 Å². The molecule has 2 N–H and O–H groups in total. The van der Waals surface area contributed by atoms with Crippen molar-refractivity contribution in [2.24, 2.45) is 17.1 Å². The summed E-state index contributed by atoms with van der Waals surface area (Å²) in [6.45, 7) is 4.82. The van der Waals surface area contributed by atoms with E-state index in [9.17, 15) is 20.6 Å². The number of carbonyl (C=O) groups is 1. The first kappa shape index (κ1) is 24.5. The van der Waals surface area contributed by atoms with Crippen molar-refractivity contribution in [3.63, 3.8) is 0 Å². The average molecular weight is 462 g/mol. The van der Waals surface area contributed by atoms with Crippen molar-refractivity contribution in [2.75, 3.05) is 33.4 Å². The number of rotatable bonds is 6. The van der Waals surface area contributed by atoms with E-state index >= 15 is 0 Å². The number of nitrogens with two attached hydrogens (primary N) is 1. The molecule has 1 aromatic rings. The van der Waals surface area contributed by atoms with Gasteiger partial charge in [0.25, 0.3) is 0 Å². The van der Waals surface area contributed by atoms with Crippen molar-refractivity contribution in [3.8, 4) is 29.7 Å². The molecule has 0 aromatic heterocycles. The highest BCUT2D eigenvalue weighted by Gasteiger charge is 2.55. The third-order valence-electron chi connectivity index (χ3n) is 6.20. The van der Waals surface area contributed by atoms with Crippen LogP contribution in [-0.2, 0) is 4.74 Å². The van der Waals surface area contributed by atoms with Crippen LogP contribution in [0.25, 0.3) is 0 Å². The first-order chi connectivity index (χ1) is 16.4. The summed E-state index contributed by atoms with van der Waals surface area (Å²) in [6, 6.07) is 11.5. The summed E-state index contributed by atoms with van der Waals surface area (Å²) < 4.78 is 16.4. The minimum atomic E-state index is -1.82. The van der Waals surface area contributed by atoms with Crippen molar-refractivity contribution < 1.29 is 19.0 Å². The molecule has 1 aliphatic carbocycles. The van der Waals surface area contributed by atoms with E-state index in [0.29, 0.717) is 29.2 Å². The number of hydrogen-bond donors (Lipinski definition) is 1. The zero-order chi connectivity index (χ0) is 24.9. The lowest BCUT2D eigenvalue weighted by Crippen LogP contribution is -2.49. The molecule has 1 aromatic carbocycles. The van der Waals surface area contributed by atoms with Gasteiger partial charge in [-0.3, -0.25) is 0 Å². The molecule has 0 saturated carbocycles. The number of carbonyl (C=O) groups excluding carboxylic acids is 1. The van der Waals surface area contributed by atoms with Gasteiger partial charge in [-0.05, 0) is 36.6 Å². The molecule has 0 bridgehead atoms. The molecule has 9 nitrogen and oxygen atoms in total. The molecule has 0 spiro atoms. The summed E-state index contributed by atoms with van der Waals surface area (Å²) in [5, 5.41) is 30.3. The summed E-state index contributed by atoms with van der Waals surface area (Å²) in [7, 11) is 1.51. The van der Waals surface area contributed by atoms with Crippen LogP contribution < -0.4 is 15.2 Å².